The summed E-state index contributed by atoms with van der Waals surface area (Å²) in [4.78, 5) is 0. The van der Waals surface area contributed by atoms with E-state index in [0.29, 0.717) is 23.6 Å². The fraction of sp³-hybridized carbons (Fsp3) is 0.667. The van der Waals surface area contributed by atoms with Crippen LogP contribution in [0.3, 0.4) is 0 Å². The lowest BCUT2D eigenvalue weighted by molar-refractivity contribution is 0.0690. The summed E-state index contributed by atoms with van der Waals surface area (Å²) < 4.78 is 6.80. The van der Waals surface area contributed by atoms with Gasteiger partial charge in [0.2, 0.25) is 5.88 Å². The van der Waals surface area contributed by atoms with Crippen molar-refractivity contribution in [2.45, 2.75) is 33.3 Å². The Hall–Kier alpha value is -1.54. The van der Waals surface area contributed by atoms with Crippen LogP contribution in [-0.4, -0.2) is 22.0 Å². The summed E-state index contributed by atoms with van der Waals surface area (Å²) in [6.45, 7) is 5.42. The maximum atomic E-state index is 10.4. The van der Waals surface area contributed by atoms with Crippen LogP contribution in [0.15, 0.2) is 0 Å². The molecule has 0 radical (unpaired) electrons. The zero-order valence-corrected chi connectivity index (χ0v) is 11.0. The van der Waals surface area contributed by atoms with Gasteiger partial charge in [-0.3, -0.25) is 0 Å². The van der Waals surface area contributed by atoms with Crippen molar-refractivity contribution >= 4 is 0 Å². The number of hydrogen-bond acceptors (Lipinski definition) is 4. The number of aliphatic hydroxyl groups excluding tert-OH is 1. The summed E-state index contributed by atoms with van der Waals surface area (Å²) >= 11 is 0. The number of rotatable bonds is 4. The highest BCUT2D eigenvalue weighted by Gasteiger charge is 2.37. The molecule has 5 nitrogen and oxygen atoms in total. The zero-order valence-electron chi connectivity index (χ0n) is 11.0. The van der Waals surface area contributed by atoms with Gasteiger partial charge in [0, 0.05) is 7.05 Å². The Kier molecular flexibility index (Phi) is 3.79. The normalized spacial score (nSPS) is 16.1. The number of hydrogen-bond donors (Lipinski definition) is 1. The Bertz CT molecular complexity index is 447. The molecular weight excluding hydrogens is 218 g/mol. The zero-order chi connectivity index (χ0) is 13.2. The van der Waals surface area contributed by atoms with Gasteiger partial charge in [0.05, 0.1) is 29.9 Å². The molecule has 0 amide bonds. The van der Waals surface area contributed by atoms with E-state index < -0.39 is 11.5 Å². The van der Waals surface area contributed by atoms with Gasteiger partial charge in [0.25, 0.3) is 0 Å². The first-order valence-electron chi connectivity index (χ1n) is 5.58. The first-order chi connectivity index (χ1) is 7.91. The summed E-state index contributed by atoms with van der Waals surface area (Å²) in [5, 5.41) is 23.8. The van der Waals surface area contributed by atoms with E-state index in [-0.39, 0.29) is 0 Å². The van der Waals surface area contributed by atoms with E-state index >= 15 is 0 Å². The molecule has 0 spiro atoms. The number of nitriles is 1. The molecule has 0 aliphatic rings. The Labute approximate surface area is 102 Å². The van der Waals surface area contributed by atoms with E-state index in [2.05, 4.69) is 11.2 Å². The van der Waals surface area contributed by atoms with Crippen molar-refractivity contribution in [2.75, 3.05) is 7.11 Å². The molecule has 0 aliphatic heterocycles. The summed E-state index contributed by atoms with van der Waals surface area (Å²) in [5.41, 5.74) is 0.453. The highest BCUT2D eigenvalue weighted by atomic mass is 16.5. The second kappa shape index (κ2) is 4.76. The average Bonchev–Trinajstić information content (AvgIpc) is 2.61. The van der Waals surface area contributed by atoms with Crippen molar-refractivity contribution < 1.29 is 9.84 Å². The molecule has 1 aromatic rings. The number of ether oxygens (including phenoxy) is 1. The number of methoxy groups -OCH3 is 1. The minimum absolute atomic E-state index is 0.505. The molecule has 1 rings (SSSR count). The van der Waals surface area contributed by atoms with Gasteiger partial charge in [0.1, 0.15) is 6.10 Å². The molecule has 0 saturated carbocycles. The molecular formula is C12H19N3O2. The van der Waals surface area contributed by atoms with Gasteiger partial charge >= 0.3 is 0 Å². The molecule has 0 bridgehead atoms. The van der Waals surface area contributed by atoms with Crippen LogP contribution in [0, 0.1) is 23.7 Å². The topological polar surface area (TPSA) is 71.1 Å². The van der Waals surface area contributed by atoms with Gasteiger partial charge in [0.15, 0.2) is 0 Å². The Morgan fingerprint density at radius 2 is 2.24 bits per heavy atom. The fourth-order valence-electron chi connectivity index (χ4n) is 1.86. The van der Waals surface area contributed by atoms with Crippen LogP contribution in [0.25, 0.3) is 0 Å². The van der Waals surface area contributed by atoms with Crippen LogP contribution in [-0.2, 0) is 7.05 Å². The number of aromatic nitrogens is 2. The highest BCUT2D eigenvalue weighted by molar-refractivity contribution is 5.35. The minimum atomic E-state index is -0.902. The van der Waals surface area contributed by atoms with Crippen LogP contribution in [0.4, 0.5) is 0 Å². The van der Waals surface area contributed by atoms with Crippen molar-refractivity contribution in [2.24, 2.45) is 12.5 Å². The Morgan fingerprint density at radius 3 is 2.65 bits per heavy atom. The van der Waals surface area contributed by atoms with Crippen molar-refractivity contribution in [1.82, 2.24) is 9.78 Å². The molecule has 2 atom stereocenters. The van der Waals surface area contributed by atoms with Crippen molar-refractivity contribution in [3.8, 4) is 11.9 Å². The average molecular weight is 237 g/mol. The molecule has 1 heterocycles. The maximum Gasteiger partial charge on any atom is 0.217 e. The van der Waals surface area contributed by atoms with E-state index in [1.165, 1.54) is 7.11 Å². The van der Waals surface area contributed by atoms with Crippen LogP contribution >= 0.6 is 0 Å². The quantitative estimate of drug-likeness (QED) is 0.865. The van der Waals surface area contributed by atoms with Gasteiger partial charge in [-0.15, -0.1) is 0 Å². The molecule has 0 fully saturated rings. The first-order valence-corrected chi connectivity index (χ1v) is 5.58. The van der Waals surface area contributed by atoms with Crippen LogP contribution < -0.4 is 4.74 Å². The van der Waals surface area contributed by atoms with Gasteiger partial charge in [-0.25, -0.2) is 4.68 Å². The van der Waals surface area contributed by atoms with Gasteiger partial charge in [-0.05, 0) is 20.3 Å². The molecule has 5 heteroatoms. The number of nitrogens with zero attached hydrogens (tertiary/aromatic N) is 3. The molecule has 0 saturated heterocycles. The Morgan fingerprint density at radius 1 is 1.65 bits per heavy atom. The largest absolute Gasteiger partial charge is 0.481 e. The first kappa shape index (κ1) is 13.5. The Balaban J connectivity index is 3.30. The van der Waals surface area contributed by atoms with Crippen LogP contribution in [0.2, 0.25) is 0 Å². The van der Waals surface area contributed by atoms with Crippen LogP contribution in [0.1, 0.15) is 37.6 Å². The second-order valence-electron chi connectivity index (χ2n) is 4.42. The van der Waals surface area contributed by atoms with Crippen molar-refractivity contribution in [1.29, 1.82) is 5.26 Å². The van der Waals surface area contributed by atoms with Crippen molar-refractivity contribution in [3.63, 3.8) is 0 Å². The van der Waals surface area contributed by atoms with E-state index in [4.69, 9.17) is 4.74 Å². The predicted molar refractivity (Wildman–Crippen MR) is 63.5 cm³/mol. The minimum Gasteiger partial charge on any atom is -0.481 e. The third-order valence-corrected chi connectivity index (χ3v) is 3.27. The summed E-state index contributed by atoms with van der Waals surface area (Å²) in [6, 6.07) is 2.17. The van der Waals surface area contributed by atoms with E-state index in [1.54, 1.807) is 25.6 Å². The summed E-state index contributed by atoms with van der Waals surface area (Å²) in [5.74, 6) is 0.505. The summed E-state index contributed by atoms with van der Waals surface area (Å²) in [7, 11) is 3.28. The smallest absolute Gasteiger partial charge is 0.217 e. The van der Waals surface area contributed by atoms with E-state index in [0.717, 1.165) is 0 Å². The van der Waals surface area contributed by atoms with E-state index in [9.17, 15) is 10.4 Å². The molecule has 1 N–H and O–H groups in total. The lowest BCUT2D eigenvalue weighted by Crippen LogP contribution is -2.23. The molecule has 0 aliphatic carbocycles. The highest BCUT2D eigenvalue weighted by Crippen LogP contribution is 2.41. The third kappa shape index (κ3) is 2.13. The van der Waals surface area contributed by atoms with Crippen LogP contribution in [0.5, 0.6) is 5.88 Å². The van der Waals surface area contributed by atoms with E-state index in [1.807, 2.05) is 6.92 Å². The lowest BCUT2D eigenvalue weighted by Gasteiger charge is -2.26. The third-order valence-electron chi connectivity index (χ3n) is 3.27. The molecule has 0 aromatic carbocycles. The molecule has 2 unspecified atom stereocenters. The second-order valence-corrected chi connectivity index (χ2v) is 4.42. The molecule has 17 heavy (non-hydrogen) atoms. The summed E-state index contributed by atoms with van der Waals surface area (Å²) in [6.07, 6.45) is -0.344. The molecule has 94 valence electrons. The maximum absolute atomic E-state index is 10.4. The molecule has 1 aromatic heterocycles. The number of aliphatic hydroxyl groups is 1. The lowest BCUT2D eigenvalue weighted by atomic mass is 9.80. The fourth-order valence-corrected chi connectivity index (χ4v) is 1.86. The monoisotopic (exact) mass is 237 g/mol. The standard InChI is InChI=1S/C12H19N3O2/c1-6-12(3,7-13)10(16)9-8(2)14-15(4)11(9)17-5/h10,16H,6H2,1-5H3. The van der Waals surface area contributed by atoms with Gasteiger partial charge in [-0.1, -0.05) is 6.92 Å². The SMILES string of the molecule is CCC(C)(C#N)C(O)c1c(C)nn(C)c1OC. The van der Waals surface area contributed by atoms with Crippen molar-refractivity contribution in [3.05, 3.63) is 11.3 Å². The van der Waals surface area contributed by atoms with Gasteiger partial charge < -0.3 is 9.84 Å². The van der Waals surface area contributed by atoms with Gasteiger partial charge in [-0.2, -0.15) is 10.4 Å². The number of aryl methyl sites for hydroxylation is 2. The predicted octanol–water partition coefficient (Wildman–Crippen LogP) is 1.71.